The van der Waals surface area contributed by atoms with Gasteiger partial charge >= 0.3 is 0 Å². The first-order chi connectivity index (χ1) is 7.20. The Balaban J connectivity index is 2.25. The van der Waals surface area contributed by atoms with Crippen LogP contribution in [0.1, 0.15) is 39.5 Å². The summed E-state index contributed by atoms with van der Waals surface area (Å²) in [5.74, 6) is 0. The molecule has 0 aromatic heterocycles. The Kier molecular flexibility index (Phi) is 5.58. The van der Waals surface area contributed by atoms with Gasteiger partial charge in [0.2, 0.25) is 0 Å². The molecule has 3 heteroatoms. The van der Waals surface area contributed by atoms with Gasteiger partial charge in [-0.15, -0.1) is 0 Å². The van der Waals surface area contributed by atoms with Gasteiger partial charge in [0.05, 0.1) is 12.2 Å². The molecule has 1 fully saturated rings. The predicted molar refractivity (Wildman–Crippen MR) is 62.0 cm³/mol. The van der Waals surface area contributed by atoms with Crippen molar-refractivity contribution in [2.75, 3.05) is 32.8 Å². The Morgan fingerprint density at radius 3 is 2.47 bits per heavy atom. The SMILES string of the molecule is CCOCCN(CC)CC1(O)CCCC1. The molecule has 0 atom stereocenters. The van der Waals surface area contributed by atoms with Gasteiger partial charge in [0.15, 0.2) is 0 Å². The van der Waals surface area contributed by atoms with Crippen LogP contribution in [0.4, 0.5) is 0 Å². The van der Waals surface area contributed by atoms with Crippen molar-refractivity contribution < 1.29 is 9.84 Å². The Hall–Kier alpha value is -0.120. The van der Waals surface area contributed by atoms with Crippen LogP contribution in [0.25, 0.3) is 0 Å². The molecule has 0 heterocycles. The van der Waals surface area contributed by atoms with Crippen molar-refractivity contribution in [1.82, 2.24) is 4.90 Å². The third-order valence-electron chi connectivity index (χ3n) is 3.26. The highest BCUT2D eigenvalue weighted by Gasteiger charge is 2.32. The maximum Gasteiger partial charge on any atom is 0.0774 e. The molecule has 90 valence electrons. The summed E-state index contributed by atoms with van der Waals surface area (Å²) in [5.41, 5.74) is -0.414. The fourth-order valence-electron chi connectivity index (χ4n) is 2.29. The fourth-order valence-corrected chi connectivity index (χ4v) is 2.29. The summed E-state index contributed by atoms with van der Waals surface area (Å²) in [4.78, 5) is 2.29. The summed E-state index contributed by atoms with van der Waals surface area (Å²) in [7, 11) is 0. The van der Waals surface area contributed by atoms with Gasteiger partial charge in [-0.3, -0.25) is 4.90 Å². The van der Waals surface area contributed by atoms with Gasteiger partial charge in [-0.05, 0) is 26.3 Å². The summed E-state index contributed by atoms with van der Waals surface area (Å²) in [6.07, 6.45) is 4.30. The molecule has 0 radical (unpaired) electrons. The minimum Gasteiger partial charge on any atom is -0.389 e. The smallest absolute Gasteiger partial charge is 0.0774 e. The summed E-state index contributed by atoms with van der Waals surface area (Å²) in [6, 6.07) is 0. The van der Waals surface area contributed by atoms with Gasteiger partial charge in [-0.1, -0.05) is 19.8 Å². The molecular formula is C12H25NO2. The highest BCUT2D eigenvalue weighted by Crippen LogP contribution is 2.29. The quantitative estimate of drug-likeness (QED) is 0.655. The van der Waals surface area contributed by atoms with Crippen molar-refractivity contribution in [2.45, 2.75) is 45.1 Å². The second-order valence-electron chi connectivity index (χ2n) is 4.50. The van der Waals surface area contributed by atoms with Crippen LogP contribution in [-0.2, 0) is 4.74 Å². The number of nitrogens with zero attached hydrogens (tertiary/aromatic N) is 1. The standard InChI is InChI=1S/C12H25NO2/c1-3-13(9-10-15-4-2)11-12(14)7-5-6-8-12/h14H,3-11H2,1-2H3. The second-order valence-corrected chi connectivity index (χ2v) is 4.50. The Bertz CT molecular complexity index is 167. The molecule has 0 saturated heterocycles. The zero-order valence-corrected chi connectivity index (χ0v) is 10.2. The Morgan fingerprint density at radius 2 is 1.93 bits per heavy atom. The van der Waals surface area contributed by atoms with Crippen LogP contribution < -0.4 is 0 Å². The Labute approximate surface area is 93.4 Å². The van der Waals surface area contributed by atoms with E-state index in [4.69, 9.17) is 4.74 Å². The summed E-state index contributed by atoms with van der Waals surface area (Å²) in [6.45, 7) is 8.46. The molecule has 0 aromatic rings. The topological polar surface area (TPSA) is 32.7 Å². The molecule has 1 aliphatic rings. The molecule has 1 rings (SSSR count). The Morgan fingerprint density at radius 1 is 1.27 bits per heavy atom. The second kappa shape index (κ2) is 6.46. The van der Waals surface area contributed by atoms with Crippen LogP contribution in [0.2, 0.25) is 0 Å². The van der Waals surface area contributed by atoms with E-state index in [-0.39, 0.29) is 0 Å². The van der Waals surface area contributed by atoms with Crippen molar-refractivity contribution in [1.29, 1.82) is 0 Å². The van der Waals surface area contributed by atoms with Gasteiger partial charge < -0.3 is 9.84 Å². The third-order valence-corrected chi connectivity index (χ3v) is 3.26. The van der Waals surface area contributed by atoms with Crippen molar-refractivity contribution in [3.63, 3.8) is 0 Å². The van der Waals surface area contributed by atoms with E-state index < -0.39 is 5.60 Å². The highest BCUT2D eigenvalue weighted by molar-refractivity contribution is 4.87. The van der Waals surface area contributed by atoms with E-state index in [1.807, 2.05) is 6.92 Å². The lowest BCUT2D eigenvalue weighted by atomic mass is 10.0. The van der Waals surface area contributed by atoms with Crippen molar-refractivity contribution in [3.05, 3.63) is 0 Å². The molecule has 0 amide bonds. The number of hydrogen-bond donors (Lipinski definition) is 1. The largest absolute Gasteiger partial charge is 0.389 e. The van der Waals surface area contributed by atoms with E-state index in [0.717, 1.165) is 45.7 Å². The highest BCUT2D eigenvalue weighted by atomic mass is 16.5. The molecule has 0 unspecified atom stereocenters. The summed E-state index contributed by atoms with van der Waals surface area (Å²) in [5, 5.41) is 10.3. The lowest BCUT2D eigenvalue weighted by Crippen LogP contribution is -2.42. The number of hydrogen-bond acceptors (Lipinski definition) is 3. The first kappa shape index (κ1) is 12.9. The predicted octanol–water partition coefficient (Wildman–Crippen LogP) is 1.65. The van der Waals surface area contributed by atoms with Crippen LogP contribution in [0.5, 0.6) is 0 Å². The van der Waals surface area contributed by atoms with E-state index in [0.29, 0.717) is 0 Å². The molecule has 1 saturated carbocycles. The zero-order chi connectivity index (χ0) is 11.1. The number of aliphatic hydroxyl groups is 1. The van der Waals surface area contributed by atoms with Crippen LogP contribution >= 0.6 is 0 Å². The average molecular weight is 215 g/mol. The molecule has 0 bridgehead atoms. The molecule has 1 aliphatic carbocycles. The van der Waals surface area contributed by atoms with E-state index in [2.05, 4.69) is 11.8 Å². The molecular weight excluding hydrogens is 190 g/mol. The molecule has 0 aliphatic heterocycles. The van der Waals surface area contributed by atoms with Crippen molar-refractivity contribution >= 4 is 0 Å². The molecule has 15 heavy (non-hydrogen) atoms. The minimum absolute atomic E-state index is 0.414. The van der Waals surface area contributed by atoms with Gasteiger partial charge in [-0.25, -0.2) is 0 Å². The van der Waals surface area contributed by atoms with Crippen molar-refractivity contribution in [2.24, 2.45) is 0 Å². The summed E-state index contributed by atoms with van der Waals surface area (Å²) >= 11 is 0. The first-order valence-electron chi connectivity index (χ1n) is 6.22. The molecule has 0 spiro atoms. The monoisotopic (exact) mass is 215 g/mol. The fraction of sp³-hybridized carbons (Fsp3) is 1.00. The van der Waals surface area contributed by atoms with E-state index in [1.165, 1.54) is 12.8 Å². The maximum absolute atomic E-state index is 10.3. The molecule has 0 aromatic carbocycles. The number of ether oxygens (including phenoxy) is 1. The lowest BCUT2D eigenvalue weighted by molar-refractivity contribution is 0.00275. The summed E-state index contributed by atoms with van der Waals surface area (Å²) < 4.78 is 5.34. The number of likely N-dealkylation sites (N-methyl/N-ethyl adjacent to an activating group) is 1. The van der Waals surface area contributed by atoms with Gasteiger partial charge in [0.1, 0.15) is 0 Å². The average Bonchev–Trinajstić information content (AvgIpc) is 2.64. The normalized spacial score (nSPS) is 20.0. The van der Waals surface area contributed by atoms with Crippen LogP contribution in [0.15, 0.2) is 0 Å². The van der Waals surface area contributed by atoms with E-state index in [1.54, 1.807) is 0 Å². The van der Waals surface area contributed by atoms with Gasteiger partial charge in [0.25, 0.3) is 0 Å². The van der Waals surface area contributed by atoms with Crippen LogP contribution in [0, 0.1) is 0 Å². The molecule has 1 N–H and O–H groups in total. The van der Waals surface area contributed by atoms with Crippen LogP contribution in [-0.4, -0.2) is 48.5 Å². The maximum atomic E-state index is 10.3. The molecule has 3 nitrogen and oxygen atoms in total. The van der Waals surface area contributed by atoms with E-state index in [9.17, 15) is 5.11 Å². The third kappa shape index (κ3) is 4.49. The zero-order valence-electron chi connectivity index (χ0n) is 10.2. The van der Waals surface area contributed by atoms with Gasteiger partial charge in [0, 0.05) is 19.7 Å². The van der Waals surface area contributed by atoms with Crippen LogP contribution in [0.3, 0.4) is 0 Å². The lowest BCUT2D eigenvalue weighted by Gasteiger charge is -2.30. The van der Waals surface area contributed by atoms with E-state index >= 15 is 0 Å². The van der Waals surface area contributed by atoms with Crippen molar-refractivity contribution in [3.8, 4) is 0 Å². The first-order valence-corrected chi connectivity index (χ1v) is 6.22. The van der Waals surface area contributed by atoms with Gasteiger partial charge in [-0.2, -0.15) is 0 Å². The minimum atomic E-state index is -0.414. The number of rotatable bonds is 7.